The van der Waals surface area contributed by atoms with Gasteiger partial charge in [0.1, 0.15) is 0 Å². The maximum atomic E-state index is 12.3. The molecule has 1 aliphatic heterocycles. The number of carbonyl (C=O) groups is 2. The maximum absolute atomic E-state index is 12.3. The zero-order valence-corrected chi connectivity index (χ0v) is 10.3. The molecule has 4 nitrogen and oxygen atoms in total. The molecule has 4 heteroatoms. The largest absolute Gasteiger partial charge is 0.394 e. The molecule has 1 atom stereocenters. The summed E-state index contributed by atoms with van der Waals surface area (Å²) >= 11 is 0. The molecule has 2 amide bonds. The van der Waals surface area contributed by atoms with E-state index in [9.17, 15) is 14.7 Å². The van der Waals surface area contributed by atoms with Crippen LogP contribution >= 0.6 is 0 Å². The molecular formula is C12H21NO3. The van der Waals surface area contributed by atoms with Crippen LogP contribution in [0.15, 0.2) is 0 Å². The van der Waals surface area contributed by atoms with E-state index in [2.05, 4.69) is 0 Å². The lowest BCUT2D eigenvalue weighted by Crippen LogP contribution is -2.44. The predicted octanol–water partition coefficient (Wildman–Crippen LogP) is 1.32. The van der Waals surface area contributed by atoms with Crippen molar-refractivity contribution in [2.45, 2.75) is 52.5 Å². The van der Waals surface area contributed by atoms with Crippen LogP contribution in [0.4, 0.5) is 0 Å². The third kappa shape index (κ3) is 1.86. The molecule has 1 aliphatic rings. The number of carbonyl (C=O) groups excluding carboxylic acids is 2. The molecule has 0 bridgehead atoms. The Hall–Kier alpha value is -0.900. The molecule has 0 radical (unpaired) electrons. The van der Waals surface area contributed by atoms with Gasteiger partial charge in [0, 0.05) is 6.42 Å². The molecule has 1 rings (SSSR count). The van der Waals surface area contributed by atoms with Crippen LogP contribution in [0.1, 0.15) is 46.5 Å². The van der Waals surface area contributed by atoms with Crippen LogP contribution < -0.4 is 0 Å². The summed E-state index contributed by atoms with van der Waals surface area (Å²) in [7, 11) is 0. The fraction of sp³-hybridized carbons (Fsp3) is 0.833. The van der Waals surface area contributed by atoms with Gasteiger partial charge < -0.3 is 5.11 Å². The van der Waals surface area contributed by atoms with Gasteiger partial charge in [0.2, 0.25) is 11.8 Å². The summed E-state index contributed by atoms with van der Waals surface area (Å²) < 4.78 is 0. The fourth-order valence-electron chi connectivity index (χ4n) is 2.38. The van der Waals surface area contributed by atoms with Gasteiger partial charge in [-0.15, -0.1) is 0 Å². The van der Waals surface area contributed by atoms with Crippen LogP contribution in [0.3, 0.4) is 0 Å². The Morgan fingerprint density at radius 1 is 1.31 bits per heavy atom. The van der Waals surface area contributed by atoms with Crippen LogP contribution in [0.25, 0.3) is 0 Å². The van der Waals surface area contributed by atoms with Crippen molar-refractivity contribution in [2.75, 3.05) is 6.61 Å². The standard InChI is InChI=1S/C12H21NO3/c1-4-9(8-14)13-10(15)7-12(5-2,6-3)11(13)16/h9,14H,4-8H2,1-3H3/t9-/m0/s1. The van der Waals surface area contributed by atoms with Gasteiger partial charge in [-0.25, -0.2) is 0 Å². The summed E-state index contributed by atoms with van der Waals surface area (Å²) in [6.07, 6.45) is 2.28. The van der Waals surface area contributed by atoms with Crippen molar-refractivity contribution in [3.05, 3.63) is 0 Å². The number of amides is 2. The monoisotopic (exact) mass is 227 g/mol. The van der Waals surface area contributed by atoms with E-state index in [4.69, 9.17) is 0 Å². The van der Waals surface area contributed by atoms with Crippen molar-refractivity contribution in [3.63, 3.8) is 0 Å². The van der Waals surface area contributed by atoms with Gasteiger partial charge in [-0.1, -0.05) is 20.8 Å². The van der Waals surface area contributed by atoms with Gasteiger partial charge in [0.25, 0.3) is 0 Å². The number of nitrogens with zero attached hydrogens (tertiary/aromatic N) is 1. The smallest absolute Gasteiger partial charge is 0.236 e. The third-order valence-corrected chi connectivity index (χ3v) is 3.83. The van der Waals surface area contributed by atoms with Crippen molar-refractivity contribution in [3.8, 4) is 0 Å². The SMILES string of the molecule is CC[C@@H](CO)N1C(=O)CC(CC)(CC)C1=O. The number of hydrogen-bond donors (Lipinski definition) is 1. The van der Waals surface area contributed by atoms with Gasteiger partial charge in [0.15, 0.2) is 0 Å². The Balaban J connectivity index is 2.98. The van der Waals surface area contributed by atoms with E-state index in [1.807, 2.05) is 20.8 Å². The quantitative estimate of drug-likeness (QED) is 0.721. The lowest BCUT2D eigenvalue weighted by Gasteiger charge is -2.27. The first-order valence-electron chi connectivity index (χ1n) is 6.03. The van der Waals surface area contributed by atoms with Crippen molar-refractivity contribution in [2.24, 2.45) is 5.41 Å². The summed E-state index contributed by atoms with van der Waals surface area (Å²) in [6.45, 7) is 5.62. The number of rotatable bonds is 5. The van der Waals surface area contributed by atoms with Gasteiger partial charge in [0.05, 0.1) is 18.1 Å². The van der Waals surface area contributed by atoms with E-state index in [1.165, 1.54) is 4.90 Å². The predicted molar refractivity (Wildman–Crippen MR) is 60.6 cm³/mol. The molecule has 92 valence electrons. The molecule has 0 spiro atoms. The molecular weight excluding hydrogens is 206 g/mol. The van der Waals surface area contributed by atoms with Gasteiger partial charge in [-0.05, 0) is 19.3 Å². The Bertz CT molecular complexity index is 280. The molecule has 1 N–H and O–H groups in total. The summed E-state index contributed by atoms with van der Waals surface area (Å²) in [5.41, 5.74) is -0.514. The van der Waals surface area contributed by atoms with E-state index in [1.54, 1.807) is 0 Å². The minimum Gasteiger partial charge on any atom is -0.394 e. The summed E-state index contributed by atoms with van der Waals surface area (Å²) in [4.78, 5) is 25.4. The second-order valence-electron chi connectivity index (χ2n) is 4.48. The van der Waals surface area contributed by atoms with Crippen molar-refractivity contribution in [1.82, 2.24) is 4.90 Å². The van der Waals surface area contributed by atoms with E-state index in [-0.39, 0.29) is 24.5 Å². The Labute approximate surface area is 96.6 Å². The van der Waals surface area contributed by atoms with Crippen LogP contribution in [0, 0.1) is 5.41 Å². The molecule has 0 aliphatic carbocycles. The molecule has 0 aromatic carbocycles. The minimum atomic E-state index is -0.514. The number of hydrogen-bond acceptors (Lipinski definition) is 3. The van der Waals surface area contributed by atoms with E-state index in [0.29, 0.717) is 25.7 Å². The number of imide groups is 1. The van der Waals surface area contributed by atoms with Crippen LogP contribution in [0.5, 0.6) is 0 Å². The molecule has 0 unspecified atom stereocenters. The summed E-state index contributed by atoms with van der Waals surface area (Å²) in [6, 6.07) is -0.347. The first-order chi connectivity index (χ1) is 7.56. The van der Waals surface area contributed by atoms with Gasteiger partial charge in [-0.2, -0.15) is 0 Å². The van der Waals surface area contributed by atoms with Crippen LogP contribution in [-0.4, -0.2) is 34.5 Å². The van der Waals surface area contributed by atoms with Crippen molar-refractivity contribution >= 4 is 11.8 Å². The highest BCUT2D eigenvalue weighted by Crippen LogP contribution is 2.40. The molecule has 1 fully saturated rings. The van der Waals surface area contributed by atoms with Gasteiger partial charge in [-0.3, -0.25) is 14.5 Å². The molecule has 1 heterocycles. The second kappa shape index (κ2) is 4.95. The molecule has 0 aromatic rings. The highest BCUT2D eigenvalue weighted by Gasteiger charge is 2.50. The van der Waals surface area contributed by atoms with E-state index < -0.39 is 5.41 Å². The number of likely N-dealkylation sites (tertiary alicyclic amines) is 1. The topological polar surface area (TPSA) is 57.6 Å². The first kappa shape index (κ1) is 13.2. The first-order valence-corrected chi connectivity index (χ1v) is 6.03. The van der Waals surface area contributed by atoms with E-state index >= 15 is 0 Å². The summed E-state index contributed by atoms with van der Waals surface area (Å²) in [5.74, 6) is -0.224. The third-order valence-electron chi connectivity index (χ3n) is 3.83. The highest BCUT2D eigenvalue weighted by molar-refractivity contribution is 6.06. The molecule has 0 saturated carbocycles. The Morgan fingerprint density at radius 2 is 1.88 bits per heavy atom. The molecule has 16 heavy (non-hydrogen) atoms. The second-order valence-corrected chi connectivity index (χ2v) is 4.48. The molecule has 1 saturated heterocycles. The average Bonchev–Trinajstić information content (AvgIpc) is 2.55. The average molecular weight is 227 g/mol. The lowest BCUT2D eigenvalue weighted by molar-refractivity contribution is -0.145. The zero-order chi connectivity index (χ0) is 12.3. The van der Waals surface area contributed by atoms with Gasteiger partial charge >= 0.3 is 0 Å². The Morgan fingerprint density at radius 3 is 2.19 bits per heavy atom. The summed E-state index contributed by atoms with van der Waals surface area (Å²) in [5, 5.41) is 9.19. The van der Waals surface area contributed by atoms with Crippen LogP contribution in [-0.2, 0) is 9.59 Å². The van der Waals surface area contributed by atoms with Crippen molar-refractivity contribution < 1.29 is 14.7 Å². The number of aliphatic hydroxyl groups excluding tert-OH is 1. The highest BCUT2D eigenvalue weighted by atomic mass is 16.3. The normalized spacial score (nSPS) is 21.6. The Kier molecular flexibility index (Phi) is 4.08. The number of aliphatic hydroxyl groups is 1. The zero-order valence-electron chi connectivity index (χ0n) is 10.3. The van der Waals surface area contributed by atoms with E-state index in [0.717, 1.165) is 0 Å². The fourth-order valence-corrected chi connectivity index (χ4v) is 2.38. The van der Waals surface area contributed by atoms with Crippen LogP contribution in [0.2, 0.25) is 0 Å². The van der Waals surface area contributed by atoms with Crippen molar-refractivity contribution in [1.29, 1.82) is 0 Å². The lowest BCUT2D eigenvalue weighted by atomic mass is 9.81. The maximum Gasteiger partial charge on any atom is 0.236 e. The minimum absolute atomic E-state index is 0.0941. The molecule has 0 aromatic heterocycles.